The van der Waals surface area contributed by atoms with Gasteiger partial charge >= 0.3 is 0 Å². The van der Waals surface area contributed by atoms with Crippen LogP contribution in [-0.4, -0.2) is 40.8 Å². The van der Waals surface area contributed by atoms with Crippen molar-refractivity contribution in [2.24, 2.45) is 4.99 Å². The highest BCUT2D eigenvalue weighted by molar-refractivity contribution is 14.0. The molecule has 0 saturated carbocycles. The Morgan fingerprint density at radius 3 is 2.45 bits per heavy atom. The van der Waals surface area contributed by atoms with Crippen LogP contribution in [0.4, 0.5) is 0 Å². The number of sulfonamides is 1. The number of rotatable bonds is 9. The summed E-state index contributed by atoms with van der Waals surface area (Å²) in [5.74, 6) is 1.28. The normalized spacial score (nSPS) is 11.5. The van der Waals surface area contributed by atoms with Crippen molar-refractivity contribution in [3.8, 4) is 5.75 Å². The Kier molecular flexibility index (Phi) is 11.0. The second-order valence-corrected chi connectivity index (χ2v) is 8.22. The first-order chi connectivity index (χ1) is 13.4. The minimum absolute atomic E-state index is 0. The van der Waals surface area contributed by atoms with Crippen LogP contribution in [0.25, 0.3) is 0 Å². The van der Waals surface area contributed by atoms with E-state index >= 15 is 0 Å². The molecule has 0 atom stereocenters. The summed E-state index contributed by atoms with van der Waals surface area (Å²) in [5.41, 5.74) is 3.04. The van der Waals surface area contributed by atoms with Crippen LogP contribution in [0.15, 0.2) is 53.5 Å². The van der Waals surface area contributed by atoms with Crippen molar-refractivity contribution in [2.45, 2.75) is 20.0 Å². The molecular weight excluding hydrogens is 503 g/mol. The molecule has 0 aliphatic heterocycles. The number of aliphatic imine (C=N–C) groups is 1. The summed E-state index contributed by atoms with van der Waals surface area (Å²) in [4.78, 5) is 4.13. The number of methoxy groups -OCH3 is 1. The molecule has 2 aromatic carbocycles. The van der Waals surface area contributed by atoms with Crippen molar-refractivity contribution in [1.29, 1.82) is 0 Å². The number of nitrogens with one attached hydrogen (secondary N) is 3. The van der Waals surface area contributed by atoms with Gasteiger partial charge in [-0.1, -0.05) is 42.5 Å². The topological polar surface area (TPSA) is 91.8 Å². The van der Waals surface area contributed by atoms with Crippen LogP contribution in [0.2, 0.25) is 0 Å². The van der Waals surface area contributed by atoms with E-state index in [1.54, 1.807) is 14.2 Å². The number of ether oxygens (including phenoxy) is 1. The highest BCUT2D eigenvalue weighted by Crippen LogP contribution is 2.19. The number of hydrogen-bond acceptors (Lipinski definition) is 4. The SMILES string of the molecule is CN=C(NCCS(=O)(=O)NCc1ccccc1)NCc1ccc(C)cc1OC.I. The van der Waals surface area contributed by atoms with Crippen molar-refractivity contribution in [3.05, 3.63) is 65.2 Å². The lowest BCUT2D eigenvalue weighted by molar-refractivity contribution is 0.408. The predicted octanol–water partition coefficient (Wildman–Crippen LogP) is 2.41. The summed E-state index contributed by atoms with van der Waals surface area (Å²) in [6.07, 6.45) is 0. The predicted molar refractivity (Wildman–Crippen MR) is 128 cm³/mol. The molecule has 29 heavy (non-hydrogen) atoms. The molecule has 0 saturated heterocycles. The Balaban J connectivity index is 0.00000420. The second kappa shape index (κ2) is 12.7. The van der Waals surface area contributed by atoms with Gasteiger partial charge in [0.2, 0.25) is 10.0 Å². The molecule has 0 fully saturated rings. The molecule has 0 aromatic heterocycles. The Labute approximate surface area is 190 Å². The molecule has 2 aromatic rings. The summed E-state index contributed by atoms with van der Waals surface area (Å²) in [6.45, 7) is 3.05. The summed E-state index contributed by atoms with van der Waals surface area (Å²) < 4.78 is 32.3. The first-order valence-electron chi connectivity index (χ1n) is 9.03. The molecule has 0 aliphatic carbocycles. The molecule has 0 aliphatic rings. The smallest absolute Gasteiger partial charge is 0.213 e. The minimum atomic E-state index is -3.38. The van der Waals surface area contributed by atoms with Gasteiger partial charge in [0.25, 0.3) is 0 Å². The number of nitrogens with zero attached hydrogens (tertiary/aromatic N) is 1. The molecule has 0 bridgehead atoms. The van der Waals surface area contributed by atoms with Gasteiger partial charge in [-0.25, -0.2) is 13.1 Å². The zero-order valence-corrected chi connectivity index (χ0v) is 20.1. The van der Waals surface area contributed by atoms with E-state index in [4.69, 9.17) is 4.74 Å². The number of benzene rings is 2. The van der Waals surface area contributed by atoms with E-state index in [2.05, 4.69) is 20.3 Å². The fourth-order valence-corrected chi connectivity index (χ4v) is 3.46. The van der Waals surface area contributed by atoms with Gasteiger partial charge in [0.05, 0.1) is 12.9 Å². The molecule has 2 rings (SSSR count). The van der Waals surface area contributed by atoms with Crippen molar-refractivity contribution >= 4 is 40.0 Å². The van der Waals surface area contributed by atoms with Crippen LogP contribution in [0, 0.1) is 6.92 Å². The van der Waals surface area contributed by atoms with Crippen LogP contribution in [0.5, 0.6) is 5.75 Å². The maximum absolute atomic E-state index is 12.1. The van der Waals surface area contributed by atoms with Gasteiger partial charge in [-0.3, -0.25) is 4.99 Å². The lowest BCUT2D eigenvalue weighted by atomic mass is 10.1. The van der Waals surface area contributed by atoms with Crippen molar-refractivity contribution in [1.82, 2.24) is 15.4 Å². The Morgan fingerprint density at radius 2 is 1.79 bits per heavy atom. The largest absolute Gasteiger partial charge is 0.496 e. The number of hydrogen-bond donors (Lipinski definition) is 3. The molecule has 0 heterocycles. The van der Waals surface area contributed by atoms with Crippen LogP contribution in [0.3, 0.4) is 0 Å². The summed E-state index contributed by atoms with van der Waals surface area (Å²) >= 11 is 0. The van der Waals surface area contributed by atoms with Gasteiger partial charge in [0.15, 0.2) is 5.96 Å². The number of halogens is 1. The van der Waals surface area contributed by atoms with E-state index in [0.717, 1.165) is 22.4 Å². The average Bonchev–Trinajstić information content (AvgIpc) is 2.70. The summed E-state index contributed by atoms with van der Waals surface area (Å²) in [5, 5.41) is 6.19. The lowest BCUT2D eigenvalue weighted by Crippen LogP contribution is -2.40. The molecule has 3 N–H and O–H groups in total. The molecule has 0 spiro atoms. The van der Waals surface area contributed by atoms with Gasteiger partial charge < -0.3 is 15.4 Å². The van der Waals surface area contributed by atoms with Crippen LogP contribution in [0.1, 0.15) is 16.7 Å². The average molecular weight is 532 g/mol. The van der Waals surface area contributed by atoms with Crippen LogP contribution in [-0.2, 0) is 23.1 Å². The number of guanidine groups is 1. The highest BCUT2D eigenvalue weighted by Gasteiger charge is 2.10. The molecule has 0 radical (unpaired) electrons. The van der Waals surface area contributed by atoms with E-state index in [9.17, 15) is 8.42 Å². The summed E-state index contributed by atoms with van der Waals surface area (Å²) in [7, 11) is -0.101. The first kappa shape index (κ1) is 25.2. The Hall–Kier alpha value is -1.85. The minimum Gasteiger partial charge on any atom is -0.496 e. The maximum atomic E-state index is 12.1. The van der Waals surface area contributed by atoms with Crippen molar-refractivity contribution in [3.63, 3.8) is 0 Å². The van der Waals surface area contributed by atoms with Gasteiger partial charge in [-0.15, -0.1) is 24.0 Å². The molecular formula is C20H29IN4O3S. The van der Waals surface area contributed by atoms with Gasteiger partial charge in [-0.2, -0.15) is 0 Å². The van der Waals surface area contributed by atoms with Crippen molar-refractivity contribution < 1.29 is 13.2 Å². The van der Waals surface area contributed by atoms with E-state index in [0.29, 0.717) is 12.5 Å². The standard InChI is InChI=1S/C20H28N4O3S.HI/c1-16-9-10-18(19(13-16)27-3)15-23-20(21-2)22-11-12-28(25,26)24-14-17-7-5-4-6-8-17;/h4-10,13,24H,11-12,14-15H2,1-3H3,(H2,21,22,23);1H. The molecule has 0 amide bonds. The third kappa shape index (κ3) is 9.01. The molecule has 9 heteroatoms. The zero-order valence-electron chi connectivity index (χ0n) is 16.9. The maximum Gasteiger partial charge on any atom is 0.213 e. The van der Waals surface area contributed by atoms with E-state index < -0.39 is 10.0 Å². The van der Waals surface area contributed by atoms with E-state index in [1.807, 2.05) is 55.5 Å². The lowest BCUT2D eigenvalue weighted by Gasteiger charge is -2.14. The van der Waals surface area contributed by atoms with E-state index in [-0.39, 0.29) is 42.8 Å². The first-order valence-corrected chi connectivity index (χ1v) is 10.7. The quantitative estimate of drug-likeness (QED) is 0.262. The van der Waals surface area contributed by atoms with Crippen LogP contribution < -0.4 is 20.1 Å². The zero-order chi connectivity index (χ0) is 20.4. The van der Waals surface area contributed by atoms with Gasteiger partial charge in [0, 0.05) is 32.2 Å². The molecule has 0 unspecified atom stereocenters. The second-order valence-electron chi connectivity index (χ2n) is 6.29. The fourth-order valence-electron chi connectivity index (χ4n) is 2.56. The third-order valence-electron chi connectivity index (χ3n) is 4.11. The van der Waals surface area contributed by atoms with E-state index in [1.165, 1.54) is 0 Å². The Bertz CT molecular complexity index is 890. The molecule has 160 valence electrons. The third-order valence-corrected chi connectivity index (χ3v) is 5.44. The number of aryl methyl sites for hydroxylation is 1. The van der Waals surface area contributed by atoms with Gasteiger partial charge in [-0.05, 0) is 24.1 Å². The molecule has 7 nitrogen and oxygen atoms in total. The van der Waals surface area contributed by atoms with Crippen LogP contribution >= 0.6 is 24.0 Å². The van der Waals surface area contributed by atoms with Crippen molar-refractivity contribution in [2.75, 3.05) is 26.5 Å². The monoisotopic (exact) mass is 532 g/mol. The fraction of sp³-hybridized carbons (Fsp3) is 0.350. The Morgan fingerprint density at radius 1 is 1.07 bits per heavy atom. The summed E-state index contributed by atoms with van der Waals surface area (Å²) in [6, 6.07) is 15.4. The highest BCUT2D eigenvalue weighted by atomic mass is 127. The van der Waals surface area contributed by atoms with Gasteiger partial charge in [0.1, 0.15) is 5.75 Å².